The summed E-state index contributed by atoms with van der Waals surface area (Å²) in [6.45, 7) is 3.69. The van der Waals surface area contributed by atoms with Crippen LogP contribution in [0, 0.1) is 12.7 Å². The van der Waals surface area contributed by atoms with E-state index in [0.717, 1.165) is 0 Å². The first-order valence-electron chi connectivity index (χ1n) is 6.83. The Bertz CT molecular complexity index is 872. The summed E-state index contributed by atoms with van der Waals surface area (Å²) in [5, 5.41) is 11.9. The summed E-state index contributed by atoms with van der Waals surface area (Å²) in [6.07, 6.45) is 1.31. The lowest BCUT2D eigenvalue weighted by Gasteiger charge is -2.29. The zero-order valence-electron chi connectivity index (χ0n) is 12.4. The number of carboxylic acid groups (broad SMARTS) is 1. The van der Waals surface area contributed by atoms with Gasteiger partial charge in [-0.3, -0.25) is 4.79 Å². The van der Waals surface area contributed by atoms with Crippen molar-refractivity contribution in [3.63, 3.8) is 0 Å². The summed E-state index contributed by atoms with van der Waals surface area (Å²) < 4.78 is 21.8. The van der Waals surface area contributed by atoms with Gasteiger partial charge in [-0.2, -0.15) is 0 Å². The molecule has 0 amide bonds. The fraction of sp³-hybridized carbons (Fsp3) is 0.333. The van der Waals surface area contributed by atoms with E-state index in [9.17, 15) is 19.1 Å². The van der Waals surface area contributed by atoms with Gasteiger partial charge in [0.1, 0.15) is 17.9 Å². The van der Waals surface area contributed by atoms with Crippen molar-refractivity contribution in [1.29, 1.82) is 0 Å². The van der Waals surface area contributed by atoms with Crippen LogP contribution in [0.1, 0.15) is 28.9 Å². The minimum absolute atomic E-state index is 0.00389. The van der Waals surface area contributed by atoms with Crippen molar-refractivity contribution in [1.82, 2.24) is 4.57 Å². The number of carboxylic acids is 1. The number of halogens is 1. The molecular weight excluding hydrogens is 291 g/mol. The molecule has 3 rings (SSSR count). The van der Waals surface area contributed by atoms with Crippen LogP contribution < -0.4 is 15.5 Å². The van der Waals surface area contributed by atoms with Crippen LogP contribution in [0.15, 0.2) is 11.0 Å². The van der Waals surface area contributed by atoms with Crippen molar-refractivity contribution in [2.45, 2.75) is 19.9 Å². The molecule has 22 heavy (non-hydrogen) atoms. The molecule has 0 saturated carbocycles. The van der Waals surface area contributed by atoms with Gasteiger partial charge in [0.05, 0.1) is 22.6 Å². The Morgan fingerprint density at radius 3 is 2.82 bits per heavy atom. The third kappa shape index (κ3) is 1.71. The highest BCUT2D eigenvalue weighted by Gasteiger charge is 2.29. The average molecular weight is 306 g/mol. The van der Waals surface area contributed by atoms with Gasteiger partial charge in [-0.15, -0.1) is 0 Å². The number of benzene rings is 1. The highest BCUT2D eigenvalue weighted by molar-refractivity contribution is 6.01. The van der Waals surface area contributed by atoms with E-state index in [1.54, 1.807) is 11.5 Å². The maximum atomic E-state index is 14.5. The smallest absolute Gasteiger partial charge is 0.341 e. The first-order chi connectivity index (χ1) is 10.4. The highest BCUT2D eigenvalue weighted by Crippen LogP contribution is 2.40. The second kappa shape index (κ2) is 4.72. The van der Waals surface area contributed by atoms with Crippen LogP contribution in [0.5, 0.6) is 5.75 Å². The number of ether oxygens (including phenoxy) is 1. The van der Waals surface area contributed by atoms with Crippen LogP contribution in [0.2, 0.25) is 0 Å². The SMILES string of the molecule is CNc1c(F)c(C)c2c3c1c(=O)c(C(=O)O)cn3C(C)CO2. The molecule has 1 aliphatic rings. The normalized spacial score (nSPS) is 16.5. The summed E-state index contributed by atoms with van der Waals surface area (Å²) in [5.41, 5.74) is -0.388. The lowest BCUT2D eigenvalue weighted by Crippen LogP contribution is -2.27. The van der Waals surface area contributed by atoms with E-state index in [1.807, 2.05) is 6.92 Å². The molecule has 2 aromatic rings. The zero-order valence-corrected chi connectivity index (χ0v) is 12.4. The fourth-order valence-corrected chi connectivity index (χ4v) is 2.87. The summed E-state index contributed by atoms with van der Waals surface area (Å²) in [6, 6.07) is -0.164. The molecule has 2 heterocycles. The standard InChI is InChI=1S/C15H15FN2O4/c1-6-5-22-14-7(2)10(16)11(17-3)9-12(14)18(6)4-8(13(9)19)15(20)21/h4,6,17H,5H2,1-3H3,(H,20,21). The molecule has 1 unspecified atom stereocenters. The molecule has 0 radical (unpaired) electrons. The Morgan fingerprint density at radius 1 is 1.55 bits per heavy atom. The van der Waals surface area contributed by atoms with Crippen molar-refractivity contribution in [2.75, 3.05) is 19.0 Å². The van der Waals surface area contributed by atoms with Gasteiger partial charge in [-0.25, -0.2) is 9.18 Å². The molecule has 1 atom stereocenters. The third-order valence-corrected chi connectivity index (χ3v) is 4.01. The van der Waals surface area contributed by atoms with Gasteiger partial charge in [-0.05, 0) is 13.8 Å². The first-order valence-corrected chi connectivity index (χ1v) is 6.83. The number of anilines is 1. The van der Waals surface area contributed by atoms with Crippen molar-refractivity contribution in [3.8, 4) is 5.75 Å². The van der Waals surface area contributed by atoms with E-state index in [0.29, 0.717) is 16.8 Å². The fourth-order valence-electron chi connectivity index (χ4n) is 2.87. The molecule has 1 aromatic carbocycles. The molecule has 0 fully saturated rings. The van der Waals surface area contributed by atoms with Gasteiger partial charge in [0.15, 0.2) is 5.82 Å². The molecule has 0 spiro atoms. The molecule has 2 N–H and O–H groups in total. The predicted molar refractivity (Wildman–Crippen MR) is 79.6 cm³/mol. The Balaban J connectivity index is 2.64. The Morgan fingerprint density at radius 2 is 2.23 bits per heavy atom. The number of nitrogens with one attached hydrogen (secondary N) is 1. The lowest BCUT2D eigenvalue weighted by atomic mass is 10.0. The number of aromatic nitrogens is 1. The molecule has 0 aliphatic carbocycles. The number of hydrogen-bond acceptors (Lipinski definition) is 4. The number of hydrogen-bond donors (Lipinski definition) is 2. The average Bonchev–Trinajstić information content (AvgIpc) is 2.48. The zero-order chi connectivity index (χ0) is 16.2. The van der Waals surface area contributed by atoms with Gasteiger partial charge < -0.3 is 19.7 Å². The second-order valence-corrected chi connectivity index (χ2v) is 5.36. The molecule has 1 aliphatic heterocycles. The quantitative estimate of drug-likeness (QED) is 0.888. The number of nitrogens with zero attached hydrogens (tertiary/aromatic N) is 1. The molecule has 116 valence electrons. The first kappa shape index (κ1) is 14.4. The van der Waals surface area contributed by atoms with E-state index < -0.39 is 17.2 Å². The summed E-state index contributed by atoms with van der Waals surface area (Å²) in [5.74, 6) is -1.65. The third-order valence-electron chi connectivity index (χ3n) is 4.01. The van der Waals surface area contributed by atoms with Crippen LogP contribution in [0.3, 0.4) is 0 Å². The van der Waals surface area contributed by atoms with E-state index in [1.165, 1.54) is 13.2 Å². The van der Waals surface area contributed by atoms with Gasteiger partial charge in [0.25, 0.3) is 0 Å². The Hall–Kier alpha value is -2.57. The molecular formula is C15H15FN2O4. The molecule has 0 saturated heterocycles. The van der Waals surface area contributed by atoms with Crippen LogP contribution >= 0.6 is 0 Å². The van der Waals surface area contributed by atoms with E-state index >= 15 is 0 Å². The number of carbonyl (C=O) groups is 1. The Labute approximate surface area is 125 Å². The van der Waals surface area contributed by atoms with Crippen molar-refractivity contribution >= 4 is 22.6 Å². The molecule has 7 heteroatoms. The molecule has 0 bridgehead atoms. The topological polar surface area (TPSA) is 80.6 Å². The summed E-state index contributed by atoms with van der Waals surface area (Å²) in [7, 11) is 1.49. The van der Waals surface area contributed by atoms with Gasteiger partial charge in [0, 0.05) is 18.8 Å². The van der Waals surface area contributed by atoms with Gasteiger partial charge >= 0.3 is 5.97 Å². The van der Waals surface area contributed by atoms with Crippen molar-refractivity contribution in [2.24, 2.45) is 0 Å². The predicted octanol–water partition coefficient (Wildman–Crippen LogP) is 2.14. The summed E-state index contributed by atoms with van der Waals surface area (Å²) >= 11 is 0. The minimum Gasteiger partial charge on any atom is -0.489 e. The molecule has 6 nitrogen and oxygen atoms in total. The monoisotopic (exact) mass is 306 g/mol. The highest BCUT2D eigenvalue weighted by atomic mass is 19.1. The van der Waals surface area contributed by atoms with E-state index in [-0.39, 0.29) is 29.3 Å². The van der Waals surface area contributed by atoms with Crippen LogP contribution in [0.4, 0.5) is 10.1 Å². The second-order valence-electron chi connectivity index (χ2n) is 5.36. The maximum Gasteiger partial charge on any atom is 0.341 e. The summed E-state index contributed by atoms with van der Waals surface area (Å²) in [4.78, 5) is 23.8. The van der Waals surface area contributed by atoms with Crippen molar-refractivity contribution in [3.05, 3.63) is 33.4 Å². The van der Waals surface area contributed by atoms with Crippen molar-refractivity contribution < 1.29 is 19.0 Å². The molecule has 1 aromatic heterocycles. The largest absolute Gasteiger partial charge is 0.489 e. The Kier molecular flexibility index (Phi) is 3.09. The van der Waals surface area contributed by atoms with E-state index in [2.05, 4.69) is 5.32 Å². The number of rotatable bonds is 2. The van der Waals surface area contributed by atoms with Crippen LogP contribution in [-0.4, -0.2) is 29.3 Å². The van der Waals surface area contributed by atoms with Gasteiger partial charge in [0.2, 0.25) is 5.43 Å². The van der Waals surface area contributed by atoms with Crippen LogP contribution in [0.25, 0.3) is 10.9 Å². The van der Waals surface area contributed by atoms with Gasteiger partial charge in [-0.1, -0.05) is 0 Å². The lowest BCUT2D eigenvalue weighted by molar-refractivity contribution is 0.0694. The minimum atomic E-state index is -1.33. The number of aromatic carboxylic acids is 1. The maximum absolute atomic E-state index is 14.5. The number of pyridine rings is 1. The van der Waals surface area contributed by atoms with Crippen LogP contribution in [-0.2, 0) is 0 Å². The van der Waals surface area contributed by atoms with E-state index in [4.69, 9.17) is 4.74 Å².